The first kappa shape index (κ1) is 24.0. The van der Waals surface area contributed by atoms with E-state index in [9.17, 15) is 24.9 Å². The van der Waals surface area contributed by atoms with Crippen LogP contribution >= 0.6 is 0 Å². The molecule has 1 amide bonds. The summed E-state index contributed by atoms with van der Waals surface area (Å²) >= 11 is 0. The zero-order valence-corrected chi connectivity index (χ0v) is 20.7. The van der Waals surface area contributed by atoms with Crippen LogP contribution in [0.25, 0.3) is 0 Å². The number of ketones is 1. The van der Waals surface area contributed by atoms with Crippen LogP contribution < -0.4 is 5.32 Å². The van der Waals surface area contributed by atoms with E-state index < -0.39 is 64.9 Å². The highest BCUT2D eigenvalue weighted by Crippen LogP contribution is 2.79. The molecular formula is C26H37NO8. The number of amides is 1. The van der Waals surface area contributed by atoms with E-state index in [-0.39, 0.29) is 17.4 Å². The molecule has 11 atom stereocenters. The lowest BCUT2D eigenvalue weighted by Gasteiger charge is -2.77. The van der Waals surface area contributed by atoms with E-state index >= 15 is 0 Å². The SMILES string of the molecule is C=C1C(=O)[C@]23[C@H](O)[C@H]1CC[C@H]2[C@]12C4OC(CCCNC(C)=O)O[C@H]1CCC(C)(C)[C@H]2[C@H](O)[C@@]3(O)O4. The molecule has 7 fully saturated rings. The number of nitrogens with one attached hydrogen (secondary N) is 1. The minimum absolute atomic E-state index is 0.0989. The van der Waals surface area contributed by atoms with Gasteiger partial charge in [0.25, 0.3) is 0 Å². The lowest BCUT2D eigenvalue weighted by molar-refractivity contribution is -0.544. The van der Waals surface area contributed by atoms with Crippen molar-refractivity contribution in [1.82, 2.24) is 5.32 Å². The van der Waals surface area contributed by atoms with Crippen molar-refractivity contribution in [3.8, 4) is 0 Å². The van der Waals surface area contributed by atoms with Crippen LogP contribution in [-0.2, 0) is 23.8 Å². The van der Waals surface area contributed by atoms with Crippen molar-refractivity contribution in [2.45, 2.75) is 96.0 Å². The maximum absolute atomic E-state index is 13.8. The molecule has 9 heteroatoms. The Bertz CT molecular complexity index is 982. The number of rotatable bonds is 4. The van der Waals surface area contributed by atoms with Gasteiger partial charge in [-0.05, 0) is 49.0 Å². The van der Waals surface area contributed by atoms with Crippen molar-refractivity contribution in [2.24, 2.45) is 34.0 Å². The normalized spacial score (nSPS) is 53.2. The first-order valence-corrected chi connectivity index (χ1v) is 13.0. The van der Waals surface area contributed by atoms with E-state index in [1.54, 1.807) is 0 Å². The molecule has 3 heterocycles. The molecule has 0 radical (unpaired) electrons. The van der Waals surface area contributed by atoms with Gasteiger partial charge in [0, 0.05) is 31.7 Å². The van der Waals surface area contributed by atoms with Gasteiger partial charge in [-0.25, -0.2) is 0 Å². The van der Waals surface area contributed by atoms with E-state index in [0.29, 0.717) is 44.2 Å². The summed E-state index contributed by atoms with van der Waals surface area (Å²) in [6.45, 7) is 10.1. The Hall–Kier alpha value is -1.36. The van der Waals surface area contributed by atoms with E-state index in [2.05, 4.69) is 25.7 Å². The fourth-order valence-corrected chi connectivity index (χ4v) is 9.26. The standard InChI is InChI=1S/C26H37NO8/c1-12-14-7-8-15-24-16-9-10-23(3,4)18(24)21(31)26(32,25(15,19(12)29)20(14)30)35-22(24)34-17(33-16)6-5-11-27-13(2)28/h14-18,20-22,30-32H,1,5-11H2,2-4H3,(H,27,28)/t14-,15-,16-,17?,18+,20+,21-,22?,24-,25-,26+/m0/s1. The monoisotopic (exact) mass is 491 g/mol. The van der Waals surface area contributed by atoms with Gasteiger partial charge in [0.05, 0.1) is 17.6 Å². The molecule has 0 aromatic carbocycles. The Morgan fingerprint density at radius 1 is 1.17 bits per heavy atom. The molecule has 2 spiro atoms. The van der Waals surface area contributed by atoms with Gasteiger partial charge in [-0.3, -0.25) is 9.59 Å². The third-order valence-electron chi connectivity index (χ3n) is 10.5. The molecule has 7 aliphatic rings. The molecule has 7 rings (SSSR count). The van der Waals surface area contributed by atoms with E-state index in [1.807, 2.05) is 0 Å². The number of carbonyl (C=O) groups excluding carboxylic acids is 2. The Labute approximate surface area is 205 Å². The van der Waals surface area contributed by atoms with E-state index in [4.69, 9.17) is 14.2 Å². The number of aliphatic hydroxyl groups excluding tert-OH is 2. The van der Waals surface area contributed by atoms with Gasteiger partial charge in [-0.1, -0.05) is 20.4 Å². The van der Waals surface area contributed by atoms with Crippen molar-refractivity contribution < 1.29 is 39.1 Å². The summed E-state index contributed by atoms with van der Waals surface area (Å²) in [5.41, 5.74) is -2.65. The maximum Gasteiger partial charge on any atom is 0.216 e. The molecule has 35 heavy (non-hydrogen) atoms. The summed E-state index contributed by atoms with van der Waals surface area (Å²) in [6.07, 6.45) is -0.611. The molecule has 194 valence electrons. The van der Waals surface area contributed by atoms with E-state index in [1.165, 1.54) is 6.92 Å². The summed E-state index contributed by atoms with van der Waals surface area (Å²) in [6, 6.07) is 0. The number of hydrogen-bond acceptors (Lipinski definition) is 8. The van der Waals surface area contributed by atoms with Crippen molar-refractivity contribution in [1.29, 1.82) is 0 Å². The summed E-state index contributed by atoms with van der Waals surface area (Å²) in [5.74, 6) is -4.16. The third-order valence-corrected chi connectivity index (χ3v) is 10.5. The minimum atomic E-state index is -2.29. The van der Waals surface area contributed by atoms with Crippen molar-refractivity contribution in [3.05, 3.63) is 12.2 Å². The quantitative estimate of drug-likeness (QED) is 0.338. The molecule has 2 unspecified atom stereocenters. The van der Waals surface area contributed by atoms with Crippen LogP contribution in [0.1, 0.15) is 59.3 Å². The Morgan fingerprint density at radius 2 is 1.91 bits per heavy atom. The lowest BCUT2D eigenvalue weighted by atomic mass is 9.35. The van der Waals surface area contributed by atoms with Crippen molar-refractivity contribution in [3.63, 3.8) is 0 Å². The molecule has 4 aliphatic carbocycles. The molecule has 3 saturated heterocycles. The Balaban J connectivity index is 1.44. The van der Waals surface area contributed by atoms with E-state index in [0.717, 1.165) is 6.42 Å². The molecule has 4 N–H and O–H groups in total. The highest BCUT2D eigenvalue weighted by molar-refractivity contribution is 6.05. The molecule has 9 nitrogen and oxygen atoms in total. The number of hydrogen-bond donors (Lipinski definition) is 4. The van der Waals surface area contributed by atoms with Gasteiger partial charge >= 0.3 is 0 Å². The number of aliphatic hydroxyl groups is 3. The number of carbonyl (C=O) groups is 2. The average molecular weight is 492 g/mol. The second-order valence-electron chi connectivity index (χ2n) is 12.3. The van der Waals surface area contributed by atoms with Crippen LogP contribution in [0.5, 0.6) is 0 Å². The topological polar surface area (TPSA) is 135 Å². The number of ether oxygens (including phenoxy) is 3. The lowest BCUT2D eigenvalue weighted by Crippen LogP contribution is -2.89. The van der Waals surface area contributed by atoms with Crippen LogP contribution in [0.2, 0.25) is 0 Å². The summed E-state index contributed by atoms with van der Waals surface area (Å²) in [7, 11) is 0. The molecule has 0 aromatic rings. The molecule has 4 bridgehead atoms. The summed E-state index contributed by atoms with van der Waals surface area (Å²) in [4.78, 5) is 25.0. The van der Waals surface area contributed by atoms with Gasteiger partial charge < -0.3 is 34.8 Å². The van der Waals surface area contributed by atoms with Crippen LogP contribution in [-0.4, -0.2) is 70.2 Å². The third kappa shape index (κ3) is 2.60. The first-order chi connectivity index (χ1) is 16.4. The van der Waals surface area contributed by atoms with Gasteiger partial charge in [-0.15, -0.1) is 0 Å². The minimum Gasteiger partial charge on any atom is -0.391 e. The predicted molar refractivity (Wildman–Crippen MR) is 121 cm³/mol. The van der Waals surface area contributed by atoms with Crippen LogP contribution in [0.4, 0.5) is 0 Å². The van der Waals surface area contributed by atoms with Crippen molar-refractivity contribution in [2.75, 3.05) is 6.54 Å². The summed E-state index contributed by atoms with van der Waals surface area (Å²) < 4.78 is 19.2. The van der Waals surface area contributed by atoms with Crippen LogP contribution in [0.15, 0.2) is 12.2 Å². The van der Waals surface area contributed by atoms with Gasteiger partial charge in [0.2, 0.25) is 11.7 Å². The largest absolute Gasteiger partial charge is 0.391 e. The first-order valence-electron chi connectivity index (χ1n) is 13.0. The van der Waals surface area contributed by atoms with Crippen molar-refractivity contribution >= 4 is 11.7 Å². The molecule has 0 aromatic heterocycles. The Kier molecular flexibility index (Phi) is 5.05. The van der Waals surface area contributed by atoms with Gasteiger partial charge in [0.15, 0.2) is 18.4 Å². The predicted octanol–water partition coefficient (Wildman–Crippen LogP) is 0.999. The van der Waals surface area contributed by atoms with Gasteiger partial charge in [0.1, 0.15) is 11.5 Å². The second kappa shape index (κ2) is 7.36. The average Bonchev–Trinajstić information content (AvgIpc) is 2.89. The Morgan fingerprint density at radius 3 is 2.63 bits per heavy atom. The second-order valence-corrected chi connectivity index (χ2v) is 12.3. The number of Topliss-reactive ketones (excluding diaryl/α,β-unsaturated/α-hetero) is 1. The zero-order valence-electron chi connectivity index (χ0n) is 20.7. The smallest absolute Gasteiger partial charge is 0.216 e. The number of fused-ring (bicyclic) bond motifs is 1. The summed E-state index contributed by atoms with van der Waals surface area (Å²) in [5, 5.41) is 38.3. The fraction of sp³-hybridized carbons (Fsp3) is 0.846. The zero-order chi connectivity index (χ0) is 25.1. The maximum atomic E-state index is 13.8. The molecular weight excluding hydrogens is 454 g/mol. The van der Waals surface area contributed by atoms with Crippen LogP contribution in [0, 0.1) is 34.0 Å². The van der Waals surface area contributed by atoms with Gasteiger partial charge in [-0.2, -0.15) is 0 Å². The molecule has 3 aliphatic heterocycles. The van der Waals surface area contributed by atoms with Crippen LogP contribution in [0.3, 0.4) is 0 Å². The fourth-order valence-electron chi connectivity index (χ4n) is 9.26. The molecule has 4 saturated carbocycles. The highest BCUT2D eigenvalue weighted by atomic mass is 16.8. The highest BCUT2D eigenvalue weighted by Gasteiger charge is 2.90.